The summed E-state index contributed by atoms with van der Waals surface area (Å²) >= 11 is 0. The number of hydrogen-bond acceptors (Lipinski definition) is 3. The lowest BCUT2D eigenvalue weighted by molar-refractivity contribution is 0.1000. The highest BCUT2D eigenvalue weighted by Gasteiger charge is 2.44. The number of rotatable bonds is 1. The zero-order valence-electron chi connectivity index (χ0n) is 10.4. The Balaban J connectivity index is 1.98. The van der Waals surface area contributed by atoms with Crippen molar-refractivity contribution >= 4 is 5.91 Å². The average Bonchev–Trinajstić information content (AvgIpc) is 2.63. The first kappa shape index (κ1) is 11.7. The third-order valence-corrected chi connectivity index (χ3v) is 4.57. The SMILES string of the molecule is NC(=O)c1ccc2c(c1)C(N)C1(CCNCC1)C2. The number of amides is 1. The molecule has 96 valence electrons. The molecule has 5 N–H and O–H groups in total. The van der Waals surface area contributed by atoms with Crippen LogP contribution in [0.15, 0.2) is 18.2 Å². The highest BCUT2D eigenvalue weighted by Crippen LogP contribution is 2.49. The van der Waals surface area contributed by atoms with Gasteiger partial charge in [0.2, 0.25) is 5.91 Å². The van der Waals surface area contributed by atoms with Gasteiger partial charge in [0.25, 0.3) is 0 Å². The first-order valence-electron chi connectivity index (χ1n) is 6.51. The molecule has 1 saturated heterocycles. The maximum absolute atomic E-state index is 11.2. The van der Waals surface area contributed by atoms with Crippen molar-refractivity contribution in [2.45, 2.75) is 25.3 Å². The second-order valence-electron chi connectivity index (χ2n) is 5.54. The van der Waals surface area contributed by atoms with Crippen LogP contribution >= 0.6 is 0 Å². The number of carbonyl (C=O) groups is 1. The highest BCUT2D eigenvalue weighted by atomic mass is 16.1. The molecule has 1 heterocycles. The lowest BCUT2D eigenvalue weighted by Crippen LogP contribution is -2.42. The Morgan fingerprint density at radius 2 is 2.06 bits per heavy atom. The molecule has 1 spiro atoms. The van der Waals surface area contributed by atoms with E-state index < -0.39 is 0 Å². The van der Waals surface area contributed by atoms with E-state index in [1.54, 1.807) is 0 Å². The maximum atomic E-state index is 11.2. The standard InChI is InChI=1S/C14H19N3O/c15-12-11-7-9(13(16)18)1-2-10(11)8-14(12)3-5-17-6-4-14/h1-2,7,12,17H,3-6,8,15H2,(H2,16,18). The Labute approximate surface area is 107 Å². The van der Waals surface area contributed by atoms with Gasteiger partial charge in [-0.15, -0.1) is 0 Å². The molecule has 1 aliphatic heterocycles. The van der Waals surface area contributed by atoms with Crippen LogP contribution in [0.25, 0.3) is 0 Å². The van der Waals surface area contributed by atoms with E-state index in [9.17, 15) is 4.79 Å². The zero-order chi connectivity index (χ0) is 12.8. The van der Waals surface area contributed by atoms with Crippen LogP contribution < -0.4 is 16.8 Å². The summed E-state index contributed by atoms with van der Waals surface area (Å²) in [7, 11) is 0. The summed E-state index contributed by atoms with van der Waals surface area (Å²) < 4.78 is 0. The van der Waals surface area contributed by atoms with E-state index >= 15 is 0 Å². The molecule has 0 bridgehead atoms. The lowest BCUT2D eigenvalue weighted by Gasteiger charge is -2.37. The minimum absolute atomic E-state index is 0.0360. The fourth-order valence-corrected chi connectivity index (χ4v) is 3.43. The molecule has 2 aliphatic rings. The van der Waals surface area contributed by atoms with Gasteiger partial charge in [-0.25, -0.2) is 0 Å². The second-order valence-corrected chi connectivity index (χ2v) is 5.54. The smallest absolute Gasteiger partial charge is 0.248 e. The molecule has 3 rings (SSSR count). The van der Waals surface area contributed by atoms with Crippen LogP contribution in [0.4, 0.5) is 0 Å². The van der Waals surface area contributed by atoms with E-state index in [-0.39, 0.29) is 17.4 Å². The normalized spacial score (nSPS) is 25.1. The Kier molecular flexibility index (Phi) is 2.64. The first-order chi connectivity index (χ1) is 8.62. The maximum Gasteiger partial charge on any atom is 0.248 e. The van der Waals surface area contributed by atoms with Crippen molar-refractivity contribution in [2.24, 2.45) is 16.9 Å². The molecule has 0 aromatic heterocycles. The second kappa shape index (κ2) is 4.07. The number of nitrogens with one attached hydrogen (secondary N) is 1. The van der Waals surface area contributed by atoms with Crippen molar-refractivity contribution < 1.29 is 4.79 Å². The largest absolute Gasteiger partial charge is 0.366 e. The van der Waals surface area contributed by atoms with Crippen molar-refractivity contribution in [2.75, 3.05) is 13.1 Å². The van der Waals surface area contributed by atoms with Gasteiger partial charge in [0.05, 0.1) is 0 Å². The summed E-state index contributed by atoms with van der Waals surface area (Å²) in [5.41, 5.74) is 14.9. The van der Waals surface area contributed by atoms with E-state index in [0.717, 1.165) is 37.9 Å². The number of piperidine rings is 1. The molecule has 1 amide bonds. The van der Waals surface area contributed by atoms with Gasteiger partial charge in [0.15, 0.2) is 0 Å². The number of primary amides is 1. The number of carbonyl (C=O) groups excluding carboxylic acids is 1. The molecule has 1 fully saturated rings. The van der Waals surface area contributed by atoms with Gasteiger partial charge in [-0.3, -0.25) is 4.79 Å². The summed E-state index contributed by atoms with van der Waals surface area (Å²) in [4.78, 5) is 11.2. The molecule has 1 aliphatic carbocycles. The molecule has 4 heteroatoms. The van der Waals surface area contributed by atoms with Gasteiger partial charge in [0.1, 0.15) is 0 Å². The molecule has 1 unspecified atom stereocenters. The van der Waals surface area contributed by atoms with Gasteiger partial charge >= 0.3 is 0 Å². The van der Waals surface area contributed by atoms with Crippen molar-refractivity contribution in [1.82, 2.24) is 5.32 Å². The van der Waals surface area contributed by atoms with Gasteiger partial charge < -0.3 is 16.8 Å². The van der Waals surface area contributed by atoms with E-state index in [0.29, 0.717) is 5.56 Å². The van der Waals surface area contributed by atoms with E-state index in [4.69, 9.17) is 11.5 Å². The van der Waals surface area contributed by atoms with Gasteiger partial charge in [-0.1, -0.05) is 6.07 Å². The Bertz CT molecular complexity index is 492. The van der Waals surface area contributed by atoms with Crippen LogP contribution in [-0.4, -0.2) is 19.0 Å². The van der Waals surface area contributed by atoms with Crippen LogP contribution in [-0.2, 0) is 6.42 Å². The summed E-state index contributed by atoms with van der Waals surface area (Å²) in [5, 5.41) is 3.38. The molecule has 18 heavy (non-hydrogen) atoms. The van der Waals surface area contributed by atoms with Crippen LogP contribution in [0.3, 0.4) is 0 Å². The van der Waals surface area contributed by atoms with Crippen molar-refractivity contribution in [1.29, 1.82) is 0 Å². The molecule has 4 nitrogen and oxygen atoms in total. The molecular weight excluding hydrogens is 226 g/mol. The minimum atomic E-state index is -0.378. The quantitative estimate of drug-likeness (QED) is 0.681. The van der Waals surface area contributed by atoms with Gasteiger partial charge in [-0.2, -0.15) is 0 Å². The topological polar surface area (TPSA) is 81.1 Å². The van der Waals surface area contributed by atoms with Crippen molar-refractivity contribution in [3.63, 3.8) is 0 Å². The van der Waals surface area contributed by atoms with E-state index in [1.807, 2.05) is 18.2 Å². The molecule has 1 atom stereocenters. The monoisotopic (exact) mass is 245 g/mol. The number of nitrogens with two attached hydrogens (primary N) is 2. The third kappa shape index (κ3) is 1.64. The minimum Gasteiger partial charge on any atom is -0.366 e. The fraction of sp³-hybridized carbons (Fsp3) is 0.500. The van der Waals surface area contributed by atoms with Crippen LogP contribution in [0.5, 0.6) is 0 Å². The number of benzene rings is 1. The lowest BCUT2D eigenvalue weighted by atomic mass is 9.73. The van der Waals surface area contributed by atoms with E-state index in [1.165, 1.54) is 5.56 Å². The van der Waals surface area contributed by atoms with Crippen LogP contribution in [0, 0.1) is 5.41 Å². The Morgan fingerprint density at radius 1 is 1.33 bits per heavy atom. The number of fused-ring (bicyclic) bond motifs is 1. The molecule has 1 aromatic rings. The summed E-state index contributed by atoms with van der Waals surface area (Å²) in [5.74, 6) is -0.378. The van der Waals surface area contributed by atoms with Gasteiger partial charge in [-0.05, 0) is 61.0 Å². The highest BCUT2D eigenvalue weighted by molar-refractivity contribution is 5.93. The summed E-state index contributed by atoms with van der Waals surface area (Å²) in [6.45, 7) is 2.06. The molecule has 0 radical (unpaired) electrons. The predicted octanol–water partition coefficient (Wildman–Crippen LogP) is 0.711. The Morgan fingerprint density at radius 3 is 2.72 bits per heavy atom. The third-order valence-electron chi connectivity index (χ3n) is 4.57. The summed E-state index contributed by atoms with van der Waals surface area (Å²) in [6, 6.07) is 5.76. The first-order valence-corrected chi connectivity index (χ1v) is 6.51. The Hall–Kier alpha value is -1.39. The van der Waals surface area contributed by atoms with Crippen LogP contribution in [0.1, 0.15) is 40.4 Å². The zero-order valence-corrected chi connectivity index (χ0v) is 10.4. The van der Waals surface area contributed by atoms with E-state index in [2.05, 4.69) is 5.32 Å². The number of hydrogen-bond donors (Lipinski definition) is 3. The predicted molar refractivity (Wildman–Crippen MR) is 70.1 cm³/mol. The average molecular weight is 245 g/mol. The van der Waals surface area contributed by atoms with Crippen molar-refractivity contribution in [3.8, 4) is 0 Å². The van der Waals surface area contributed by atoms with Gasteiger partial charge in [0, 0.05) is 11.6 Å². The molecular formula is C14H19N3O. The van der Waals surface area contributed by atoms with Crippen molar-refractivity contribution in [3.05, 3.63) is 34.9 Å². The van der Waals surface area contributed by atoms with Crippen LogP contribution in [0.2, 0.25) is 0 Å². The fourth-order valence-electron chi connectivity index (χ4n) is 3.43. The molecule has 1 aromatic carbocycles. The summed E-state index contributed by atoms with van der Waals surface area (Å²) in [6.07, 6.45) is 3.24. The molecule has 0 saturated carbocycles.